The SMILES string of the molecule is C=C(C)CC1=C(C)C(C(=C/C)/C=C(\C)CC)CC=C1. The highest BCUT2D eigenvalue weighted by Gasteiger charge is 2.18. The van der Waals surface area contributed by atoms with Crippen LogP contribution < -0.4 is 0 Å². The summed E-state index contributed by atoms with van der Waals surface area (Å²) in [5.41, 5.74) is 7.11. The van der Waals surface area contributed by atoms with Crippen LogP contribution in [0.2, 0.25) is 0 Å². The molecule has 104 valence electrons. The van der Waals surface area contributed by atoms with Crippen molar-refractivity contribution in [1.82, 2.24) is 0 Å². The summed E-state index contributed by atoms with van der Waals surface area (Å²) in [4.78, 5) is 0. The van der Waals surface area contributed by atoms with Crippen molar-refractivity contribution in [3.63, 3.8) is 0 Å². The third-order valence-corrected chi connectivity index (χ3v) is 3.92. The zero-order valence-corrected chi connectivity index (χ0v) is 13.2. The summed E-state index contributed by atoms with van der Waals surface area (Å²) in [6, 6.07) is 0. The Balaban J connectivity index is 3.04. The Morgan fingerprint density at radius 1 is 1.42 bits per heavy atom. The van der Waals surface area contributed by atoms with Gasteiger partial charge in [-0.25, -0.2) is 0 Å². The maximum absolute atomic E-state index is 4.04. The third-order valence-electron chi connectivity index (χ3n) is 3.92. The van der Waals surface area contributed by atoms with E-state index < -0.39 is 0 Å². The second-order valence-electron chi connectivity index (χ2n) is 5.67. The molecule has 0 spiro atoms. The second-order valence-corrected chi connectivity index (χ2v) is 5.67. The summed E-state index contributed by atoms with van der Waals surface area (Å²) in [7, 11) is 0. The molecule has 0 radical (unpaired) electrons. The van der Waals surface area contributed by atoms with E-state index in [1.165, 1.54) is 27.9 Å². The van der Waals surface area contributed by atoms with Crippen molar-refractivity contribution in [2.75, 3.05) is 0 Å². The van der Waals surface area contributed by atoms with Gasteiger partial charge < -0.3 is 0 Å². The molecule has 0 aromatic rings. The first-order valence-corrected chi connectivity index (χ1v) is 7.33. The third kappa shape index (κ3) is 4.38. The molecule has 1 rings (SSSR count). The van der Waals surface area contributed by atoms with E-state index in [0.29, 0.717) is 5.92 Å². The molecule has 0 aromatic heterocycles. The molecule has 0 nitrogen and oxygen atoms in total. The van der Waals surface area contributed by atoms with E-state index in [0.717, 1.165) is 19.3 Å². The standard InChI is InChI=1S/C19H28/c1-7-15(5)13-17(8-2)19-11-9-10-18(16(19)6)12-14(3)4/h8-10,13,19H,3,7,11-12H2,1-2,4-6H3/b15-13+,17-8+. The molecule has 0 heterocycles. The molecule has 0 bridgehead atoms. The van der Waals surface area contributed by atoms with E-state index in [1.807, 2.05) is 0 Å². The molecule has 0 saturated heterocycles. The molecule has 0 fully saturated rings. The van der Waals surface area contributed by atoms with Crippen LogP contribution in [0.4, 0.5) is 0 Å². The lowest BCUT2D eigenvalue weighted by Crippen LogP contribution is -2.09. The number of hydrogen-bond donors (Lipinski definition) is 0. The molecule has 0 aliphatic heterocycles. The lowest BCUT2D eigenvalue weighted by Gasteiger charge is -2.25. The van der Waals surface area contributed by atoms with E-state index in [-0.39, 0.29) is 0 Å². The Bertz CT molecular complexity index is 452. The predicted molar refractivity (Wildman–Crippen MR) is 87.2 cm³/mol. The van der Waals surface area contributed by atoms with Gasteiger partial charge in [-0.15, -0.1) is 0 Å². The van der Waals surface area contributed by atoms with Crippen molar-refractivity contribution >= 4 is 0 Å². The largest absolute Gasteiger partial charge is 0.0998 e. The molecule has 1 aliphatic rings. The molecule has 19 heavy (non-hydrogen) atoms. The molecular weight excluding hydrogens is 228 g/mol. The predicted octanol–water partition coefficient (Wildman–Crippen LogP) is 6.15. The van der Waals surface area contributed by atoms with E-state index in [4.69, 9.17) is 0 Å². The van der Waals surface area contributed by atoms with Crippen LogP contribution in [0, 0.1) is 5.92 Å². The average molecular weight is 256 g/mol. The van der Waals surface area contributed by atoms with Crippen molar-refractivity contribution in [1.29, 1.82) is 0 Å². The molecule has 1 atom stereocenters. The lowest BCUT2D eigenvalue weighted by atomic mass is 9.80. The first-order valence-electron chi connectivity index (χ1n) is 7.33. The van der Waals surface area contributed by atoms with Crippen molar-refractivity contribution in [2.24, 2.45) is 5.92 Å². The van der Waals surface area contributed by atoms with Crippen LogP contribution in [0.15, 0.2) is 58.7 Å². The van der Waals surface area contributed by atoms with Gasteiger partial charge in [0.05, 0.1) is 0 Å². The summed E-state index contributed by atoms with van der Waals surface area (Å²) < 4.78 is 0. The number of hydrogen-bond acceptors (Lipinski definition) is 0. The molecule has 1 aliphatic carbocycles. The van der Waals surface area contributed by atoms with E-state index in [9.17, 15) is 0 Å². The normalized spacial score (nSPS) is 21.0. The molecule has 0 N–H and O–H groups in total. The molecule has 0 amide bonds. The minimum absolute atomic E-state index is 0.547. The Morgan fingerprint density at radius 2 is 2.11 bits per heavy atom. The maximum Gasteiger partial charge on any atom is 0.00826 e. The minimum atomic E-state index is 0.547. The van der Waals surface area contributed by atoms with Crippen LogP contribution in [0.5, 0.6) is 0 Å². The van der Waals surface area contributed by atoms with E-state index in [2.05, 4.69) is 65.5 Å². The van der Waals surface area contributed by atoms with E-state index >= 15 is 0 Å². The molecule has 0 aromatic carbocycles. The smallest absolute Gasteiger partial charge is 0.00826 e. The van der Waals surface area contributed by atoms with Gasteiger partial charge in [-0.05, 0) is 58.1 Å². The highest BCUT2D eigenvalue weighted by atomic mass is 14.2. The number of allylic oxidation sites excluding steroid dienone is 9. The van der Waals surface area contributed by atoms with Gasteiger partial charge in [-0.2, -0.15) is 0 Å². The maximum atomic E-state index is 4.04. The van der Waals surface area contributed by atoms with Gasteiger partial charge in [-0.1, -0.05) is 54.5 Å². The lowest BCUT2D eigenvalue weighted by molar-refractivity contribution is 0.714. The van der Waals surface area contributed by atoms with Gasteiger partial charge >= 0.3 is 0 Å². The molecule has 1 unspecified atom stereocenters. The van der Waals surface area contributed by atoms with Crippen LogP contribution in [0.1, 0.15) is 53.9 Å². The van der Waals surface area contributed by atoms with Gasteiger partial charge in [0.15, 0.2) is 0 Å². The first-order chi connectivity index (χ1) is 8.99. The zero-order valence-electron chi connectivity index (χ0n) is 13.2. The fourth-order valence-electron chi connectivity index (χ4n) is 2.56. The Hall–Kier alpha value is -1.30. The molecule has 0 saturated carbocycles. The Morgan fingerprint density at radius 3 is 2.63 bits per heavy atom. The summed E-state index contributed by atoms with van der Waals surface area (Å²) in [5, 5.41) is 0. The van der Waals surface area contributed by atoms with Gasteiger partial charge in [0, 0.05) is 5.92 Å². The quantitative estimate of drug-likeness (QED) is 0.409. The summed E-state index contributed by atoms with van der Waals surface area (Å²) in [6.45, 7) is 15.0. The van der Waals surface area contributed by atoms with Gasteiger partial charge in [0.1, 0.15) is 0 Å². The van der Waals surface area contributed by atoms with Crippen LogP contribution >= 0.6 is 0 Å². The van der Waals surface area contributed by atoms with Crippen molar-refractivity contribution in [2.45, 2.75) is 53.9 Å². The highest BCUT2D eigenvalue weighted by molar-refractivity contribution is 5.41. The summed E-state index contributed by atoms with van der Waals surface area (Å²) >= 11 is 0. The van der Waals surface area contributed by atoms with Crippen LogP contribution in [-0.2, 0) is 0 Å². The summed E-state index contributed by atoms with van der Waals surface area (Å²) in [6.07, 6.45) is 12.5. The first kappa shape index (κ1) is 15.8. The van der Waals surface area contributed by atoms with Crippen molar-refractivity contribution in [3.05, 3.63) is 58.7 Å². The number of rotatable bonds is 5. The zero-order chi connectivity index (χ0) is 14.4. The second kappa shape index (κ2) is 7.33. The van der Waals surface area contributed by atoms with Crippen LogP contribution in [-0.4, -0.2) is 0 Å². The van der Waals surface area contributed by atoms with Crippen molar-refractivity contribution < 1.29 is 0 Å². The summed E-state index contributed by atoms with van der Waals surface area (Å²) in [5.74, 6) is 0.547. The fourth-order valence-corrected chi connectivity index (χ4v) is 2.56. The molecule has 0 heteroatoms. The van der Waals surface area contributed by atoms with Crippen LogP contribution in [0.25, 0.3) is 0 Å². The monoisotopic (exact) mass is 256 g/mol. The van der Waals surface area contributed by atoms with Gasteiger partial charge in [0.2, 0.25) is 0 Å². The van der Waals surface area contributed by atoms with Gasteiger partial charge in [0.25, 0.3) is 0 Å². The fraction of sp³-hybridized carbons (Fsp3) is 0.474. The topological polar surface area (TPSA) is 0 Å². The highest BCUT2D eigenvalue weighted by Crippen LogP contribution is 2.34. The molecular formula is C19H28. The van der Waals surface area contributed by atoms with E-state index in [1.54, 1.807) is 0 Å². The minimum Gasteiger partial charge on any atom is -0.0998 e. The van der Waals surface area contributed by atoms with Crippen LogP contribution in [0.3, 0.4) is 0 Å². The Kier molecular flexibility index (Phi) is 6.08. The van der Waals surface area contributed by atoms with Gasteiger partial charge in [-0.3, -0.25) is 0 Å². The van der Waals surface area contributed by atoms with Crippen molar-refractivity contribution in [3.8, 4) is 0 Å². The average Bonchev–Trinajstić information content (AvgIpc) is 2.38. The Labute approximate surface area is 119 Å².